The fourth-order valence-corrected chi connectivity index (χ4v) is 3.26. The molecule has 0 saturated carbocycles. The number of nitrogens with one attached hydrogen (secondary N) is 2. The quantitative estimate of drug-likeness (QED) is 0.750. The van der Waals surface area contributed by atoms with Gasteiger partial charge in [-0.05, 0) is 55.3 Å². The maximum Gasteiger partial charge on any atom is 0.224 e. The van der Waals surface area contributed by atoms with Gasteiger partial charge in [-0.2, -0.15) is 0 Å². The largest absolute Gasteiger partial charge is 0.326 e. The standard InChI is InChI=1S/C19H21N5O/c25-19(12-15-8-9-20-13-15)21-16-6-4-14(5-7-16)11-18-23-22-17-3-1-2-10-24(17)18/h1-7,10,15,20H,8-9,11-13H2,(H,21,25)/t15-/m0/s1. The van der Waals surface area contributed by atoms with Gasteiger partial charge >= 0.3 is 0 Å². The Kier molecular flexibility index (Phi) is 4.43. The average Bonchev–Trinajstić information content (AvgIpc) is 3.27. The molecular formula is C19H21N5O. The minimum Gasteiger partial charge on any atom is -0.326 e. The average molecular weight is 335 g/mol. The molecule has 0 spiro atoms. The van der Waals surface area contributed by atoms with Crippen molar-refractivity contribution in [1.82, 2.24) is 19.9 Å². The van der Waals surface area contributed by atoms with E-state index in [0.29, 0.717) is 18.8 Å². The van der Waals surface area contributed by atoms with E-state index in [1.54, 1.807) is 0 Å². The lowest BCUT2D eigenvalue weighted by atomic mass is 10.0. The maximum absolute atomic E-state index is 12.1. The van der Waals surface area contributed by atoms with E-state index >= 15 is 0 Å². The summed E-state index contributed by atoms with van der Waals surface area (Å²) < 4.78 is 1.99. The zero-order valence-electron chi connectivity index (χ0n) is 14.0. The lowest BCUT2D eigenvalue weighted by Crippen LogP contribution is -2.18. The Morgan fingerprint density at radius 2 is 2.08 bits per heavy atom. The smallest absolute Gasteiger partial charge is 0.224 e. The van der Waals surface area contributed by atoms with E-state index < -0.39 is 0 Å². The van der Waals surface area contributed by atoms with Crippen molar-refractivity contribution >= 4 is 17.2 Å². The summed E-state index contributed by atoms with van der Waals surface area (Å²) in [4.78, 5) is 12.1. The van der Waals surface area contributed by atoms with Gasteiger partial charge in [0.25, 0.3) is 0 Å². The van der Waals surface area contributed by atoms with Crippen LogP contribution in [0.2, 0.25) is 0 Å². The normalized spacial score (nSPS) is 17.0. The molecule has 1 aliphatic rings. The molecule has 25 heavy (non-hydrogen) atoms. The van der Waals surface area contributed by atoms with Crippen LogP contribution in [0.3, 0.4) is 0 Å². The Bertz CT molecular complexity index is 865. The molecule has 6 nitrogen and oxygen atoms in total. The van der Waals surface area contributed by atoms with Gasteiger partial charge in [-0.25, -0.2) is 0 Å². The number of hydrogen-bond acceptors (Lipinski definition) is 4. The maximum atomic E-state index is 12.1. The van der Waals surface area contributed by atoms with Gasteiger partial charge in [0.1, 0.15) is 5.82 Å². The fourth-order valence-electron chi connectivity index (χ4n) is 3.26. The molecule has 1 aromatic carbocycles. The minimum atomic E-state index is 0.0879. The number of fused-ring (bicyclic) bond motifs is 1. The summed E-state index contributed by atoms with van der Waals surface area (Å²) in [6.07, 6.45) is 4.34. The predicted molar refractivity (Wildman–Crippen MR) is 96.5 cm³/mol. The van der Waals surface area contributed by atoms with Crippen molar-refractivity contribution in [1.29, 1.82) is 0 Å². The fraction of sp³-hybridized carbons (Fsp3) is 0.316. The molecule has 4 rings (SSSR count). The monoisotopic (exact) mass is 335 g/mol. The van der Waals surface area contributed by atoms with Crippen LogP contribution >= 0.6 is 0 Å². The Labute approximate surface area is 146 Å². The number of amides is 1. The summed E-state index contributed by atoms with van der Waals surface area (Å²) in [5.41, 5.74) is 2.82. The Hall–Kier alpha value is -2.73. The Balaban J connectivity index is 1.39. The molecule has 0 bridgehead atoms. The highest BCUT2D eigenvalue weighted by molar-refractivity contribution is 5.90. The van der Waals surface area contributed by atoms with E-state index in [2.05, 4.69) is 20.8 Å². The molecule has 0 unspecified atom stereocenters. The van der Waals surface area contributed by atoms with Crippen LogP contribution in [0.25, 0.3) is 5.65 Å². The van der Waals surface area contributed by atoms with Crippen LogP contribution in [-0.2, 0) is 11.2 Å². The molecule has 0 radical (unpaired) electrons. The number of benzene rings is 1. The van der Waals surface area contributed by atoms with Gasteiger partial charge in [0, 0.05) is 24.7 Å². The molecule has 128 valence electrons. The van der Waals surface area contributed by atoms with Crippen LogP contribution in [0.5, 0.6) is 0 Å². The molecule has 1 fully saturated rings. The number of aromatic nitrogens is 3. The molecule has 2 N–H and O–H groups in total. The van der Waals surface area contributed by atoms with Crippen molar-refractivity contribution < 1.29 is 4.79 Å². The van der Waals surface area contributed by atoms with Crippen molar-refractivity contribution in [2.45, 2.75) is 19.3 Å². The van der Waals surface area contributed by atoms with Crippen LogP contribution in [-0.4, -0.2) is 33.6 Å². The van der Waals surface area contributed by atoms with Crippen LogP contribution in [0.15, 0.2) is 48.7 Å². The minimum absolute atomic E-state index is 0.0879. The SMILES string of the molecule is O=C(C[C@@H]1CCNC1)Nc1ccc(Cc2nnc3ccccn23)cc1. The van der Waals surface area contributed by atoms with Gasteiger partial charge < -0.3 is 10.6 Å². The van der Waals surface area contributed by atoms with E-state index in [1.807, 2.05) is 53.1 Å². The number of pyridine rings is 1. The van der Waals surface area contributed by atoms with E-state index in [1.165, 1.54) is 0 Å². The zero-order chi connectivity index (χ0) is 17.1. The number of rotatable bonds is 5. The first-order valence-electron chi connectivity index (χ1n) is 8.66. The first-order valence-corrected chi connectivity index (χ1v) is 8.66. The van der Waals surface area contributed by atoms with Gasteiger partial charge in [-0.1, -0.05) is 18.2 Å². The molecule has 1 aliphatic heterocycles. The van der Waals surface area contributed by atoms with E-state index in [0.717, 1.165) is 42.2 Å². The predicted octanol–water partition coefficient (Wildman–Crippen LogP) is 2.26. The molecule has 2 aromatic heterocycles. The third-order valence-electron chi connectivity index (χ3n) is 4.62. The first-order chi connectivity index (χ1) is 12.3. The molecule has 0 aliphatic carbocycles. The van der Waals surface area contributed by atoms with Crippen molar-refractivity contribution in [3.8, 4) is 0 Å². The number of carbonyl (C=O) groups excluding carboxylic acids is 1. The van der Waals surface area contributed by atoms with Gasteiger partial charge in [0.05, 0.1) is 0 Å². The summed E-state index contributed by atoms with van der Waals surface area (Å²) in [7, 11) is 0. The summed E-state index contributed by atoms with van der Waals surface area (Å²) in [6.45, 7) is 1.96. The summed E-state index contributed by atoms with van der Waals surface area (Å²) >= 11 is 0. The van der Waals surface area contributed by atoms with Crippen molar-refractivity contribution in [2.75, 3.05) is 18.4 Å². The lowest BCUT2D eigenvalue weighted by molar-refractivity contribution is -0.116. The number of anilines is 1. The highest BCUT2D eigenvalue weighted by Gasteiger charge is 2.18. The van der Waals surface area contributed by atoms with Gasteiger partial charge in [0.15, 0.2) is 5.65 Å². The molecule has 3 aromatic rings. The second-order valence-electron chi connectivity index (χ2n) is 6.53. The molecule has 3 heterocycles. The van der Waals surface area contributed by atoms with Crippen LogP contribution in [0.1, 0.15) is 24.2 Å². The Morgan fingerprint density at radius 1 is 1.20 bits per heavy atom. The number of hydrogen-bond donors (Lipinski definition) is 2. The summed E-state index contributed by atoms with van der Waals surface area (Å²) in [5.74, 6) is 1.45. The Morgan fingerprint density at radius 3 is 2.88 bits per heavy atom. The van der Waals surface area contributed by atoms with Crippen LogP contribution < -0.4 is 10.6 Å². The first kappa shape index (κ1) is 15.8. The third kappa shape index (κ3) is 3.69. The van der Waals surface area contributed by atoms with Gasteiger partial charge in [-0.3, -0.25) is 9.20 Å². The molecule has 1 atom stereocenters. The van der Waals surface area contributed by atoms with Gasteiger partial charge in [-0.15, -0.1) is 10.2 Å². The zero-order valence-corrected chi connectivity index (χ0v) is 14.0. The highest BCUT2D eigenvalue weighted by atomic mass is 16.1. The number of nitrogens with zero attached hydrogens (tertiary/aromatic N) is 3. The molecule has 1 amide bonds. The molecular weight excluding hydrogens is 314 g/mol. The van der Waals surface area contributed by atoms with E-state index in [4.69, 9.17) is 0 Å². The molecule has 6 heteroatoms. The second kappa shape index (κ2) is 7.03. The van der Waals surface area contributed by atoms with Crippen LogP contribution in [0.4, 0.5) is 5.69 Å². The lowest BCUT2D eigenvalue weighted by Gasteiger charge is -2.09. The van der Waals surface area contributed by atoms with E-state index in [-0.39, 0.29) is 5.91 Å². The highest BCUT2D eigenvalue weighted by Crippen LogP contribution is 2.16. The van der Waals surface area contributed by atoms with Crippen molar-refractivity contribution in [2.24, 2.45) is 5.92 Å². The summed E-state index contributed by atoms with van der Waals surface area (Å²) in [5, 5.41) is 14.7. The van der Waals surface area contributed by atoms with Crippen LogP contribution in [0, 0.1) is 5.92 Å². The third-order valence-corrected chi connectivity index (χ3v) is 4.62. The molecule has 1 saturated heterocycles. The number of carbonyl (C=O) groups is 1. The summed E-state index contributed by atoms with van der Waals surface area (Å²) in [6, 6.07) is 13.8. The topological polar surface area (TPSA) is 71.3 Å². The van der Waals surface area contributed by atoms with E-state index in [9.17, 15) is 4.79 Å². The second-order valence-corrected chi connectivity index (χ2v) is 6.53. The van der Waals surface area contributed by atoms with Crippen molar-refractivity contribution in [3.05, 3.63) is 60.0 Å². The van der Waals surface area contributed by atoms with Gasteiger partial charge in [0.2, 0.25) is 5.91 Å². The van der Waals surface area contributed by atoms with Crippen molar-refractivity contribution in [3.63, 3.8) is 0 Å².